The summed E-state index contributed by atoms with van der Waals surface area (Å²) in [6.07, 6.45) is 5.70. The number of piperidine rings is 1. The van der Waals surface area contributed by atoms with Gasteiger partial charge in [0.2, 0.25) is 0 Å². The molecule has 2 aliphatic rings. The predicted octanol–water partition coefficient (Wildman–Crippen LogP) is 2.69. The monoisotopic (exact) mass is 344 g/mol. The molecule has 136 valence electrons. The van der Waals surface area contributed by atoms with E-state index in [1.165, 1.54) is 17.7 Å². The van der Waals surface area contributed by atoms with Gasteiger partial charge in [0.05, 0.1) is 17.2 Å². The van der Waals surface area contributed by atoms with Gasteiger partial charge in [0.15, 0.2) is 0 Å². The Morgan fingerprint density at radius 3 is 2.36 bits per heavy atom. The van der Waals surface area contributed by atoms with Gasteiger partial charge in [-0.05, 0) is 57.3 Å². The molecule has 1 aromatic rings. The van der Waals surface area contributed by atoms with Crippen molar-refractivity contribution in [2.24, 2.45) is 0 Å². The van der Waals surface area contributed by atoms with Crippen LogP contribution in [0.4, 0.5) is 0 Å². The molecule has 2 unspecified atom stereocenters. The summed E-state index contributed by atoms with van der Waals surface area (Å²) in [5.74, 6) is -0.337. The van der Waals surface area contributed by atoms with Gasteiger partial charge in [0.1, 0.15) is 0 Å². The highest BCUT2D eigenvalue weighted by Gasteiger charge is 2.34. The van der Waals surface area contributed by atoms with E-state index in [9.17, 15) is 14.7 Å². The third-order valence-electron chi connectivity index (χ3n) is 5.48. The normalized spacial score (nSPS) is 22.3. The van der Waals surface area contributed by atoms with Gasteiger partial charge >= 0.3 is 0 Å². The van der Waals surface area contributed by atoms with E-state index in [1.807, 2.05) is 6.92 Å². The highest BCUT2D eigenvalue weighted by Crippen LogP contribution is 2.24. The molecule has 1 fully saturated rings. The standard InChI is InChI=1S/C20H28N2O3/c1-2-18(23)17-11-5-6-12-21(17)13-7-8-14-22-19(24)15-9-3-4-10-16(15)20(22)25/h3-4,9-10,17-18,23H,2,5-8,11-14H2,1H3. The Morgan fingerprint density at radius 1 is 1.08 bits per heavy atom. The predicted molar refractivity (Wildman–Crippen MR) is 96.6 cm³/mol. The lowest BCUT2D eigenvalue weighted by atomic mass is 9.95. The van der Waals surface area contributed by atoms with E-state index in [-0.39, 0.29) is 24.0 Å². The Labute approximate surface area is 149 Å². The Hall–Kier alpha value is -1.72. The molecule has 25 heavy (non-hydrogen) atoms. The summed E-state index contributed by atoms with van der Waals surface area (Å²) < 4.78 is 0. The van der Waals surface area contributed by atoms with Gasteiger partial charge in [-0.3, -0.25) is 19.4 Å². The van der Waals surface area contributed by atoms with Crippen LogP contribution in [0.15, 0.2) is 24.3 Å². The van der Waals surface area contributed by atoms with E-state index >= 15 is 0 Å². The molecule has 0 aromatic heterocycles. The lowest BCUT2D eigenvalue weighted by Crippen LogP contribution is -2.47. The van der Waals surface area contributed by atoms with E-state index in [0.29, 0.717) is 17.7 Å². The molecule has 2 heterocycles. The average molecular weight is 344 g/mol. The number of hydrogen-bond acceptors (Lipinski definition) is 4. The van der Waals surface area contributed by atoms with Crippen molar-refractivity contribution < 1.29 is 14.7 Å². The zero-order chi connectivity index (χ0) is 17.8. The van der Waals surface area contributed by atoms with Gasteiger partial charge in [-0.25, -0.2) is 0 Å². The molecule has 5 heteroatoms. The second kappa shape index (κ2) is 8.11. The topological polar surface area (TPSA) is 60.9 Å². The molecule has 0 spiro atoms. The smallest absolute Gasteiger partial charge is 0.261 e. The number of benzene rings is 1. The molecule has 3 rings (SSSR count). The number of aliphatic hydroxyl groups excluding tert-OH is 1. The number of aliphatic hydroxyl groups is 1. The van der Waals surface area contributed by atoms with Gasteiger partial charge in [-0.1, -0.05) is 25.5 Å². The number of nitrogens with zero attached hydrogens (tertiary/aromatic N) is 2. The number of hydrogen-bond donors (Lipinski definition) is 1. The molecule has 1 saturated heterocycles. The van der Waals surface area contributed by atoms with Crippen molar-refractivity contribution in [1.29, 1.82) is 0 Å². The number of carbonyl (C=O) groups is 2. The first-order valence-electron chi connectivity index (χ1n) is 9.50. The number of amides is 2. The number of unbranched alkanes of at least 4 members (excludes halogenated alkanes) is 1. The summed E-state index contributed by atoms with van der Waals surface area (Å²) in [5, 5.41) is 10.2. The molecule has 1 N–H and O–H groups in total. The van der Waals surface area contributed by atoms with Gasteiger partial charge in [0, 0.05) is 12.6 Å². The highest BCUT2D eigenvalue weighted by molar-refractivity contribution is 6.21. The van der Waals surface area contributed by atoms with E-state index in [0.717, 1.165) is 38.8 Å². The Kier molecular flexibility index (Phi) is 5.86. The summed E-state index contributed by atoms with van der Waals surface area (Å²) in [7, 11) is 0. The molecule has 0 saturated carbocycles. The molecule has 2 amide bonds. The summed E-state index contributed by atoms with van der Waals surface area (Å²) >= 11 is 0. The Bertz CT molecular complexity index is 596. The molecule has 2 aliphatic heterocycles. The Morgan fingerprint density at radius 2 is 1.72 bits per heavy atom. The first kappa shape index (κ1) is 18.1. The second-order valence-corrected chi connectivity index (χ2v) is 7.09. The fourth-order valence-electron chi connectivity index (χ4n) is 4.03. The number of carbonyl (C=O) groups excluding carboxylic acids is 2. The number of fused-ring (bicyclic) bond motifs is 1. The van der Waals surface area contributed by atoms with Crippen molar-refractivity contribution in [2.45, 2.75) is 57.6 Å². The van der Waals surface area contributed by atoms with E-state index in [2.05, 4.69) is 4.90 Å². The van der Waals surface area contributed by atoms with Crippen molar-refractivity contribution in [2.75, 3.05) is 19.6 Å². The van der Waals surface area contributed by atoms with Gasteiger partial charge in [-0.2, -0.15) is 0 Å². The molecule has 1 aromatic carbocycles. The van der Waals surface area contributed by atoms with E-state index < -0.39 is 0 Å². The van der Waals surface area contributed by atoms with Crippen molar-refractivity contribution in [3.63, 3.8) is 0 Å². The quantitative estimate of drug-likeness (QED) is 0.610. The number of rotatable bonds is 7. The van der Waals surface area contributed by atoms with Crippen LogP contribution in [0.25, 0.3) is 0 Å². The van der Waals surface area contributed by atoms with E-state index in [4.69, 9.17) is 0 Å². The molecule has 5 nitrogen and oxygen atoms in total. The van der Waals surface area contributed by atoms with Gasteiger partial charge in [0.25, 0.3) is 11.8 Å². The van der Waals surface area contributed by atoms with Gasteiger partial charge < -0.3 is 5.11 Å². The zero-order valence-corrected chi connectivity index (χ0v) is 15.0. The largest absolute Gasteiger partial charge is 0.392 e. The summed E-state index contributed by atoms with van der Waals surface area (Å²) in [6.45, 7) is 4.46. The van der Waals surface area contributed by atoms with Crippen molar-refractivity contribution in [3.05, 3.63) is 35.4 Å². The van der Waals surface area contributed by atoms with Crippen molar-refractivity contribution >= 4 is 11.8 Å². The number of likely N-dealkylation sites (tertiary alicyclic amines) is 1. The molecule has 2 atom stereocenters. The average Bonchev–Trinajstić information content (AvgIpc) is 2.90. The summed E-state index contributed by atoms with van der Waals surface area (Å²) in [6, 6.07) is 7.30. The maximum atomic E-state index is 12.3. The summed E-state index contributed by atoms with van der Waals surface area (Å²) in [4.78, 5) is 28.5. The van der Waals surface area contributed by atoms with Crippen LogP contribution in [0.5, 0.6) is 0 Å². The molecule has 0 bridgehead atoms. The van der Waals surface area contributed by atoms with Crippen LogP contribution in [0.1, 0.15) is 66.2 Å². The first-order valence-corrected chi connectivity index (χ1v) is 9.50. The van der Waals surface area contributed by atoms with Gasteiger partial charge in [-0.15, -0.1) is 0 Å². The third-order valence-corrected chi connectivity index (χ3v) is 5.48. The van der Waals surface area contributed by atoms with Crippen molar-refractivity contribution in [3.8, 4) is 0 Å². The molecule has 0 radical (unpaired) electrons. The fraction of sp³-hybridized carbons (Fsp3) is 0.600. The molecular formula is C20H28N2O3. The lowest BCUT2D eigenvalue weighted by molar-refractivity contribution is 0.0229. The maximum absolute atomic E-state index is 12.3. The van der Waals surface area contributed by atoms with Crippen molar-refractivity contribution in [1.82, 2.24) is 9.80 Å². The minimum absolute atomic E-state index is 0.169. The molecule has 0 aliphatic carbocycles. The second-order valence-electron chi connectivity index (χ2n) is 7.09. The summed E-state index contributed by atoms with van der Waals surface area (Å²) in [5.41, 5.74) is 1.05. The molecular weight excluding hydrogens is 316 g/mol. The SMILES string of the molecule is CCC(O)C1CCCCN1CCCCN1C(=O)c2ccccc2C1=O. The minimum atomic E-state index is -0.253. The van der Waals surface area contributed by atoms with Crippen LogP contribution in [-0.4, -0.2) is 58.5 Å². The number of imide groups is 1. The van der Waals surface area contributed by atoms with Crippen LogP contribution in [0.3, 0.4) is 0 Å². The maximum Gasteiger partial charge on any atom is 0.261 e. The van der Waals surface area contributed by atoms with Crippen LogP contribution < -0.4 is 0 Å². The van der Waals surface area contributed by atoms with Crippen LogP contribution in [0.2, 0.25) is 0 Å². The van der Waals surface area contributed by atoms with Crippen LogP contribution in [-0.2, 0) is 0 Å². The first-order chi connectivity index (χ1) is 12.1. The highest BCUT2D eigenvalue weighted by atomic mass is 16.3. The third kappa shape index (κ3) is 3.77. The lowest BCUT2D eigenvalue weighted by Gasteiger charge is -2.38. The van der Waals surface area contributed by atoms with E-state index in [1.54, 1.807) is 24.3 Å². The Balaban J connectivity index is 1.49. The minimum Gasteiger partial charge on any atom is -0.392 e. The van der Waals surface area contributed by atoms with Crippen LogP contribution in [0, 0.1) is 0 Å². The fourth-order valence-corrected chi connectivity index (χ4v) is 4.03. The zero-order valence-electron chi connectivity index (χ0n) is 15.0. The van der Waals surface area contributed by atoms with Crippen LogP contribution >= 0.6 is 0 Å².